The van der Waals surface area contributed by atoms with Crippen molar-refractivity contribution < 1.29 is 14.2 Å². The van der Waals surface area contributed by atoms with E-state index in [0.29, 0.717) is 13.2 Å². The molecule has 0 aliphatic carbocycles. The predicted octanol–water partition coefficient (Wildman–Crippen LogP) is 2.45. The van der Waals surface area contributed by atoms with Crippen molar-refractivity contribution in [1.29, 1.82) is 0 Å². The van der Waals surface area contributed by atoms with Crippen LogP contribution in [0, 0.1) is 0 Å². The highest BCUT2D eigenvalue weighted by Crippen LogP contribution is 2.35. The van der Waals surface area contributed by atoms with Crippen molar-refractivity contribution in [2.24, 2.45) is 5.73 Å². The highest BCUT2D eigenvalue weighted by Gasteiger charge is 2.13. The van der Waals surface area contributed by atoms with E-state index in [1.165, 1.54) is 0 Å². The molecule has 1 heterocycles. The van der Waals surface area contributed by atoms with Gasteiger partial charge in [-0.2, -0.15) is 0 Å². The summed E-state index contributed by atoms with van der Waals surface area (Å²) < 4.78 is 16.3. The van der Waals surface area contributed by atoms with Crippen molar-refractivity contribution in [3.05, 3.63) is 53.6 Å². The largest absolute Gasteiger partial charge is 0.489 e. The van der Waals surface area contributed by atoms with E-state index >= 15 is 0 Å². The van der Waals surface area contributed by atoms with E-state index in [1.54, 1.807) is 0 Å². The summed E-state index contributed by atoms with van der Waals surface area (Å²) in [4.78, 5) is 0. The zero-order valence-corrected chi connectivity index (χ0v) is 10.5. The first kappa shape index (κ1) is 11.9. The lowest BCUT2D eigenvalue weighted by Gasteiger charge is -2.07. The lowest BCUT2D eigenvalue weighted by Crippen LogP contribution is -1.98. The molecule has 4 heteroatoms. The highest BCUT2D eigenvalue weighted by atomic mass is 16.7. The molecule has 4 nitrogen and oxygen atoms in total. The molecule has 1 aliphatic rings. The van der Waals surface area contributed by atoms with Crippen molar-refractivity contribution >= 4 is 0 Å². The van der Waals surface area contributed by atoms with E-state index in [1.807, 2.05) is 42.5 Å². The van der Waals surface area contributed by atoms with Crippen LogP contribution in [0.5, 0.6) is 17.2 Å². The van der Waals surface area contributed by atoms with Crippen LogP contribution in [0.15, 0.2) is 42.5 Å². The maximum Gasteiger partial charge on any atom is 0.231 e. The number of hydrogen-bond acceptors (Lipinski definition) is 4. The Labute approximate surface area is 111 Å². The summed E-state index contributed by atoms with van der Waals surface area (Å²) in [6, 6.07) is 13.6. The molecule has 0 spiro atoms. The minimum Gasteiger partial charge on any atom is -0.489 e. The second kappa shape index (κ2) is 5.20. The first-order chi connectivity index (χ1) is 9.35. The maximum absolute atomic E-state index is 5.72. The SMILES string of the molecule is NCc1ccc(COc2ccc3c(c2)OCO3)cc1. The van der Waals surface area contributed by atoms with Gasteiger partial charge in [-0.15, -0.1) is 0 Å². The summed E-state index contributed by atoms with van der Waals surface area (Å²) in [5, 5.41) is 0. The van der Waals surface area contributed by atoms with Crippen molar-refractivity contribution in [2.45, 2.75) is 13.2 Å². The highest BCUT2D eigenvalue weighted by molar-refractivity contribution is 5.46. The molecule has 0 saturated carbocycles. The van der Waals surface area contributed by atoms with E-state index in [-0.39, 0.29) is 6.79 Å². The first-order valence-electron chi connectivity index (χ1n) is 6.15. The van der Waals surface area contributed by atoms with Crippen LogP contribution in [0.3, 0.4) is 0 Å². The third-order valence-electron chi connectivity index (χ3n) is 3.01. The molecule has 2 aromatic rings. The van der Waals surface area contributed by atoms with E-state index in [2.05, 4.69) is 0 Å². The maximum atomic E-state index is 5.72. The molecular formula is C15H15NO3. The van der Waals surface area contributed by atoms with Crippen LogP contribution in [0.25, 0.3) is 0 Å². The van der Waals surface area contributed by atoms with Gasteiger partial charge in [0.15, 0.2) is 11.5 Å². The average Bonchev–Trinajstić information content (AvgIpc) is 2.93. The van der Waals surface area contributed by atoms with E-state index in [4.69, 9.17) is 19.9 Å². The van der Waals surface area contributed by atoms with Crippen molar-refractivity contribution in [3.63, 3.8) is 0 Å². The summed E-state index contributed by atoms with van der Waals surface area (Å²) in [6.45, 7) is 1.35. The molecule has 0 bridgehead atoms. The summed E-state index contributed by atoms with van der Waals surface area (Å²) in [5.74, 6) is 2.27. The van der Waals surface area contributed by atoms with Gasteiger partial charge in [0, 0.05) is 12.6 Å². The van der Waals surface area contributed by atoms with Gasteiger partial charge in [-0.1, -0.05) is 24.3 Å². The Bertz CT molecular complexity index is 566. The molecule has 3 rings (SSSR count). The van der Waals surface area contributed by atoms with Gasteiger partial charge in [-0.25, -0.2) is 0 Å². The number of rotatable bonds is 4. The summed E-state index contributed by atoms with van der Waals surface area (Å²) in [5.41, 5.74) is 7.78. The third-order valence-corrected chi connectivity index (χ3v) is 3.01. The Morgan fingerprint density at radius 3 is 2.47 bits per heavy atom. The molecule has 0 saturated heterocycles. The molecule has 0 amide bonds. The molecule has 2 N–H and O–H groups in total. The van der Waals surface area contributed by atoms with Crippen molar-refractivity contribution in [2.75, 3.05) is 6.79 Å². The van der Waals surface area contributed by atoms with E-state index in [0.717, 1.165) is 28.4 Å². The quantitative estimate of drug-likeness (QED) is 0.914. The van der Waals surface area contributed by atoms with Crippen LogP contribution in [0.4, 0.5) is 0 Å². The monoisotopic (exact) mass is 257 g/mol. The number of hydrogen-bond donors (Lipinski definition) is 1. The zero-order chi connectivity index (χ0) is 13.1. The van der Waals surface area contributed by atoms with Gasteiger partial charge in [-0.05, 0) is 23.3 Å². The molecule has 2 aromatic carbocycles. The van der Waals surface area contributed by atoms with Gasteiger partial charge in [0.1, 0.15) is 12.4 Å². The minimum atomic E-state index is 0.277. The lowest BCUT2D eigenvalue weighted by atomic mass is 10.1. The number of fused-ring (bicyclic) bond motifs is 1. The molecule has 98 valence electrons. The standard InChI is InChI=1S/C15H15NO3/c16-8-11-1-3-12(4-2-11)9-17-13-5-6-14-15(7-13)19-10-18-14/h1-7H,8-10,16H2. The van der Waals surface area contributed by atoms with Crippen LogP contribution in [0.2, 0.25) is 0 Å². The Morgan fingerprint density at radius 2 is 1.68 bits per heavy atom. The van der Waals surface area contributed by atoms with Crippen molar-refractivity contribution in [1.82, 2.24) is 0 Å². The summed E-state index contributed by atoms with van der Waals surface area (Å²) >= 11 is 0. The Balaban J connectivity index is 1.65. The average molecular weight is 257 g/mol. The van der Waals surface area contributed by atoms with Gasteiger partial charge in [0.25, 0.3) is 0 Å². The minimum absolute atomic E-state index is 0.277. The van der Waals surface area contributed by atoms with Crippen LogP contribution in [0.1, 0.15) is 11.1 Å². The van der Waals surface area contributed by atoms with E-state index < -0.39 is 0 Å². The van der Waals surface area contributed by atoms with Crippen LogP contribution < -0.4 is 19.9 Å². The third kappa shape index (κ3) is 2.63. The van der Waals surface area contributed by atoms with Crippen molar-refractivity contribution in [3.8, 4) is 17.2 Å². The molecule has 0 fully saturated rings. The Kier molecular flexibility index (Phi) is 3.25. The van der Waals surface area contributed by atoms with E-state index in [9.17, 15) is 0 Å². The first-order valence-corrected chi connectivity index (χ1v) is 6.15. The fraction of sp³-hybridized carbons (Fsp3) is 0.200. The fourth-order valence-corrected chi connectivity index (χ4v) is 1.90. The second-order valence-electron chi connectivity index (χ2n) is 4.32. The summed E-state index contributed by atoms with van der Waals surface area (Å²) in [7, 11) is 0. The van der Waals surface area contributed by atoms with Crippen LogP contribution in [-0.4, -0.2) is 6.79 Å². The molecule has 0 unspecified atom stereocenters. The van der Waals surface area contributed by atoms with Crippen LogP contribution >= 0.6 is 0 Å². The lowest BCUT2D eigenvalue weighted by molar-refractivity contribution is 0.173. The molecule has 0 aromatic heterocycles. The molecule has 0 radical (unpaired) electrons. The molecular weight excluding hydrogens is 242 g/mol. The number of ether oxygens (including phenoxy) is 3. The normalized spacial score (nSPS) is 12.5. The predicted molar refractivity (Wildman–Crippen MR) is 71.2 cm³/mol. The molecule has 1 aliphatic heterocycles. The van der Waals surface area contributed by atoms with Crippen LogP contribution in [-0.2, 0) is 13.2 Å². The van der Waals surface area contributed by atoms with Gasteiger partial charge in [0.05, 0.1) is 0 Å². The Hall–Kier alpha value is -2.20. The van der Waals surface area contributed by atoms with Gasteiger partial charge in [0.2, 0.25) is 6.79 Å². The smallest absolute Gasteiger partial charge is 0.231 e. The number of nitrogens with two attached hydrogens (primary N) is 1. The van der Waals surface area contributed by atoms with Gasteiger partial charge in [-0.3, -0.25) is 0 Å². The second-order valence-corrected chi connectivity index (χ2v) is 4.32. The molecule has 19 heavy (non-hydrogen) atoms. The van der Waals surface area contributed by atoms with Gasteiger partial charge < -0.3 is 19.9 Å². The fourth-order valence-electron chi connectivity index (χ4n) is 1.90. The number of benzene rings is 2. The molecule has 0 atom stereocenters. The zero-order valence-electron chi connectivity index (χ0n) is 10.5. The summed E-state index contributed by atoms with van der Waals surface area (Å²) in [6.07, 6.45) is 0. The topological polar surface area (TPSA) is 53.7 Å². The Morgan fingerprint density at radius 1 is 0.947 bits per heavy atom. The van der Waals surface area contributed by atoms with Gasteiger partial charge >= 0.3 is 0 Å².